The number of rotatable bonds is 5. The lowest BCUT2D eigenvalue weighted by atomic mass is 10.2. The fraction of sp³-hybridized carbons (Fsp3) is 0.176. The zero-order chi connectivity index (χ0) is 18.7. The minimum Gasteiger partial charge on any atom is -0.400 e. The molecule has 134 valence electrons. The Hall–Kier alpha value is -2.52. The van der Waals surface area contributed by atoms with Crippen LogP contribution >= 0.6 is 27.3 Å². The largest absolute Gasteiger partial charge is 0.433 e. The molecule has 2 aromatic heterocycles. The van der Waals surface area contributed by atoms with E-state index in [1.165, 1.54) is 29.7 Å². The molecule has 7 nitrogen and oxygen atoms in total. The molecule has 0 aliphatic carbocycles. The van der Waals surface area contributed by atoms with Gasteiger partial charge in [0.15, 0.2) is 5.76 Å². The molecular formula is C17H15BrN4O3S. The van der Waals surface area contributed by atoms with Gasteiger partial charge in [-0.2, -0.15) is 5.10 Å². The van der Waals surface area contributed by atoms with Crippen LogP contribution in [0.5, 0.6) is 0 Å². The van der Waals surface area contributed by atoms with Crippen LogP contribution in [0.15, 0.2) is 60.8 Å². The molecule has 0 saturated carbocycles. The van der Waals surface area contributed by atoms with Crippen molar-refractivity contribution >= 4 is 39.4 Å². The van der Waals surface area contributed by atoms with E-state index >= 15 is 0 Å². The molecule has 0 atom stereocenters. The van der Waals surface area contributed by atoms with Gasteiger partial charge in [0.2, 0.25) is 4.80 Å². The topological polar surface area (TPSA) is 85.9 Å². The molecule has 0 aliphatic rings. The van der Waals surface area contributed by atoms with Crippen LogP contribution in [0.25, 0.3) is 11.3 Å². The standard InChI is InChI=1S/C17H15BrN4O3S/c1-11(2)20-17-21(19-9-12-7-8-16(25-12)22(23)24)15(10-26-17)13-5-3-4-6-14(13)18/h3-11H,1-2H3. The number of halogens is 1. The Morgan fingerprint density at radius 2 is 2.08 bits per heavy atom. The number of thiazole rings is 1. The van der Waals surface area contributed by atoms with Gasteiger partial charge in [0.25, 0.3) is 0 Å². The summed E-state index contributed by atoms with van der Waals surface area (Å²) in [7, 11) is 0. The van der Waals surface area contributed by atoms with Crippen molar-refractivity contribution in [2.24, 2.45) is 10.1 Å². The molecule has 2 heterocycles. The minimum atomic E-state index is -0.582. The summed E-state index contributed by atoms with van der Waals surface area (Å²) in [6, 6.07) is 10.7. The van der Waals surface area contributed by atoms with Crippen molar-refractivity contribution in [1.82, 2.24) is 4.68 Å². The van der Waals surface area contributed by atoms with E-state index in [1.54, 1.807) is 4.68 Å². The molecule has 1 aromatic carbocycles. The number of hydrogen-bond acceptors (Lipinski definition) is 6. The van der Waals surface area contributed by atoms with Gasteiger partial charge >= 0.3 is 5.88 Å². The first-order valence-corrected chi connectivity index (χ1v) is 9.41. The summed E-state index contributed by atoms with van der Waals surface area (Å²) in [5.41, 5.74) is 1.83. The minimum absolute atomic E-state index is 0.104. The Labute approximate surface area is 161 Å². The first-order valence-electron chi connectivity index (χ1n) is 7.73. The number of nitro groups is 1. The third kappa shape index (κ3) is 4.00. The molecule has 0 N–H and O–H groups in total. The van der Waals surface area contributed by atoms with Crippen molar-refractivity contribution in [1.29, 1.82) is 0 Å². The van der Waals surface area contributed by atoms with E-state index in [4.69, 9.17) is 4.42 Å². The van der Waals surface area contributed by atoms with Crippen molar-refractivity contribution in [3.8, 4) is 11.3 Å². The van der Waals surface area contributed by atoms with Gasteiger partial charge in [-0.1, -0.05) is 34.1 Å². The second-order valence-corrected chi connectivity index (χ2v) is 7.29. The third-order valence-electron chi connectivity index (χ3n) is 3.30. The maximum Gasteiger partial charge on any atom is 0.433 e. The molecular weight excluding hydrogens is 420 g/mol. The van der Waals surface area contributed by atoms with Crippen molar-refractivity contribution in [2.45, 2.75) is 19.9 Å². The Kier molecular flexibility index (Phi) is 5.48. The highest BCUT2D eigenvalue weighted by atomic mass is 79.9. The van der Waals surface area contributed by atoms with Gasteiger partial charge < -0.3 is 4.42 Å². The van der Waals surface area contributed by atoms with Gasteiger partial charge in [0.1, 0.15) is 4.92 Å². The second kappa shape index (κ2) is 7.79. The molecule has 0 radical (unpaired) electrons. The smallest absolute Gasteiger partial charge is 0.400 e. The number of nitrogens with zero attached hydrogens (tertiary/aromatic N) is 4. The Morgan fingerprint density at radius 1 is 1.31 bits per heavy atom. The van der Waals surface area contributed by atoms with Crippen LogP contribution < -0.4 is 4.80 Å². The highest BCUT2D eigenvalue weighted by Crippen LogP contribution is 2.28. The summed E-state index contributed by atoms with van der Waals surface area (Å²) in [5, 5.41) is 17.2. The summed E-state index contributed by atoms with van der Waals surface area (Å²) in [6.45, 7) is 3.98. The lowest BCUT2D eigenvalue weighted by molar-refractivity contribution is -0.402. The monoisotopic (exact) mass is 434 g/mol. The van der Waals surface area contributed by atoms with E-state index in [9.17, 15) is 10.1 Å². The van der Waals surface area contributed by atoms with Gasteiger partial charge in [-0.25, -0.2) is 4.68 Å². The van der Waals surface area contributed by atoms with Gasteiger partial charge in [-0.05, 0) is 26.0 Å². The van der Waals surface area contributed by atoms with Crippen LogP contribution in [0, 0.1) is 10.1 Å². The van der Waals surface area contributed by atoms with Crippen molar-refractivity contribution in [3.05, 3.63) is 66.9 Å². The quantitative estimate of drug-likeness (QED) is 0.332. The predicted molar refractivity (Wildman–Crippen MR) is 104 cm³/mol. The summed E-state index contributed by atoms with van der Waals surface area (Å²) >= 11 is 5.03. The van der Waals surface area contributed by atoms with E-state index in [1.807, 2.05) is 43.5 Å². The Balaban J connectivity index is 2.08. The SMILES string of the molecule is CC(C)N=c1scc(-c2ccccc2Br)n1N=Cc1ccc([N+](=O)[O-])o1. The number of furan rings is 1. The molecule has 0 spiro atoms. The molecule has 26 heavy (non-hydrogen) atoms. The van der Waals surface area contributed by atoms with Crippen molar-refractivity contribution in [3.63, 3.8) is 0 Å². The average Bonchev–Trinajstić information content (AvgIpc) is 3.20. The molecule has 0 fully saturated rings. The highest BCUT2D eigenvalue weighted by Gasteiger charge is 2.12. The van der Waals surface area contributed by atoms with E-state index in [0.29, 0.717) is 5.76 Å². The van der Waals surface area contributed by atoms with Gasteiger partial charge in [-0.3, -0.25) is 15.1 Å². The van der Waals surface area contributed by atoms with Crippen molar-refractivity contribution < 1.29 is 9.34 Å². The second-order valence-electron chi connectivity index (χ2n) is 5.60. The van der Waals surface area contributed by atoms with E-state index in [2.05, 4.69) is 26.0 Å². The molecule has 3 rings (SSSR count). The number of benzene rings is 1. The Morgan fingerprint density at radius 3 is 2.73 bits per heavy atom. The predicted octanol–water partition coefficient (Wildman–Crippen LogP) is 4.67. The van der Waals surface area contributed by atoms with Crippen LogP contribution in [-0.2, 0) is 0 Å². The van der Waals surface area contributed by atoms with Gasteiger partial charge in [0, 0.05) is 21.5 Å². The van der Waals surface area contributed by atoms with E-state index in [0.717, 1.165) is 20.5 Å². The van der Waals surface area contributed by atoms with Crippen LogP contribution in [0.4, 0.5) is 5.88 Å². The summed E-state index contributed by atoms with van der Waals surface area (Å²) in [4.78, 5) is 15.5. The molecule has 3 aromatic rings. The van der Waals surface area contributed by atoms with Crippen LogP contribution in [0.1, 0.15) is 19.6 Å². The average molecular weight is 435 g/mol. The van der Waals surface area contributed by atoms with E-state index in [-0.39, 0.29) is 11.9 Å². The zero-order valence-electron chi connectivity index (χ0n) is 14.0. The number of hydrogen-bond donors (Lipinski definition) is 0. The lowest BCUT2D eigenvalue weighted by Crippen LogP contribution is -2.14. The summed E-state index contributed by atoms with van der Waals surface area (Å²) in [5.74, 6) is -0.0242. The molecule has 0 unspecified atom stereocenters. The molecule has 0 bridgehead atoms. The fourth-order valence-corrected chi connectivity index (χ4v) is 3.65. The van der Waals surface area contributed by atoms with Crippen LogP contribution in [0.2, 0.25) is 0 Å². The third-order valence-corrected chi connectivity index (χ3v) is 4.82. The molecule has 0 amide bonds. The Bertz CT molecular complexity index is 1030. The first-order chi connectivity index (χ1) is 12.5. The normalized spacial score (nSPS) is 12.4. The molecule has 9 heteroatoms. The maximum absolute atomic E-state index is 10.7. The number of aromatic nitrogens is 1. The molecule has 0 aliphatic heterocycles. The van der Waals surface area contributed by atoms with E-state index < -0.39 is 4.92 Å². The van der Waals surface area contributed by atoms with Crippen LogP contribution in [-0.4, -0.2) is 21.9 Å². The van der Waals surface area contributed by atoms with Gasteiger partial charge in [0.05, 0.1) is 18.0 Å². The summed E-state index contributed by atoms with van der Waals surface area (Å²) < 4.78 is 7.78. The van der Waals surface area contributed by atoms with Crippen LogP contribution in [0.3, 0.4) is 0 Å². The van der Waals surface area contributed by atoms with Gasteiger partial charge in [-0.15, -0.1) is 11.3 Å². The lowest BCUT2D eigenvalue weighted by Gasteiger charge is -2.05. The maximum atomic E-state index is 10.7. The zero-order valence-corrected chi connectivity index (χ0v) is 16.4. The molecule has 0 saturated heterocycles. The van der Waals surface area contributed by atoms with Crippen molar-refractivity contribution in [2.75, 3.05) is 0 Å². The highest BCUT2D eigenvalue weighted by molar-refractivity contribution is 9.10. The summed E-state index contributed by atoms with van der Waals surface area (Å²) in [6.07, 6.45) is 1.44. The fourth-order valence-electron chi connectivity index (χ4n) is 2.20. The first kappa shape index (κ1) is 18.3.